The topological polar surface area (TPSA) is 64.3 Å². The number of aromatic nitrogens is 2. The maximum absolute atomic E-state index is 5.65. The number of hydrogen-bond donors (Lipinski definition) is 1. The van der Waals surface area contributed by atoms with E-state index in [2.05, 4.69) is 28.7 Å². The van der Waals surface area contributed by atoms with Crippen LogP contribution in [-0.2, 0) is 4.74 Å². The van der Waals surface area contributed by atoms with Crippen LogP contribution in [0.2, 0.25) is 0 Å². The molecule has 0 radical (unpaired) electrons. The Morgan fingerprint density at radius 3 is 2.61 bits per heavy atom. The molecule has 0 aliphatic rings. The van der Waals surface area contributed by atoms with E-state index in [1.165, 1.54) is 0 Å². The molecule has 2 N–H and O–H groups in total. The lowest BCUT2D eigenvalue weighted by molar-refractivity contribution is 0.205. The molecule has 0 bridgehead atoms. The molecule has 1 rings (SSSR count). The van der Waals surface area contributed by atoms with E-state index in [0.717, 1.165) is 30.4 Å². The number of ether oxygens (including phenoxy) is 1. The molecule has 0 fully saturated rings. The predicted octanol–water partition coefficient (Wildman–Crippen LogP) is 1.32. The number of methoxy groups -OCH3 is 1. The fourth-order valence-corrected chi connectivity index (χ4v) is 1.69. The molecule has 0 spiro atoms. The molecule has 0 amide bonds. The van der Waals surface area contributed by atoms with Gasteiger partial charge in [-0.15, -0.1) is 0 Å². The van der Waals surface area contributed by atoms with Gasteiger partial charge in [-0.1, -0.05) is 13.8 Å². The quantitative estimate of drug-likeness (QED) is 0.793. The predicted molar refractivity (Wildman–Crippen MR) is 74.0 cm³/mol. The van der Waals surface area contributed by atoms with Crippen molar-refractivity contribution in [2.24, 2.45) is 5.73 Å². The van der Waals surface area contributed by atoms with Gasteiger partial charge in [0, 0.05) is 44.4 Å². The molecule has 1 aromatic rings. The van der Waals surface area contributed by atoms with Gasteiger partial charge in [0.1, 0.15) is 11.6 Å². The molecule has 0 aliphatic carbocycles. The van der Waals surface area contributed by atoms with E-state index in [1.807, 2.05) is 13.0 Å². The highest BCUT2D eigenvalue weighted by molar-refractivity contribution is 5.40. The number of aryl methyl sites for hydroxylation is 1. The van der Waals surface area contributed by atoms with Crippen LogP contribution in [-0.4, -0.2) is 43.3 Å². The summed E-state index contributed by atoms with van der Waals surface area (Å²) in [6, 6.07) is 2.00. The third-order valence-corrected chi connectivity index (χ3v) is 2.66. The van der Waals surface area contributed by atoms with Gasteiger partial charge in [0.25, 0.3) is 0 Å². The molecule has 1 heterocycles. The molecule has 0 unspecified atom stereocenters. The Hall–Kier alpha value is -1.20. The highest BCUT2D eigenvalue weighted by Crippen LogP contribution is 2.16. The van der Waals surface area contributed by atoms with Crippen molar-refractivity contribution in [1.82, 2.24) is 9.97 Å². The third kappa shape index (κ3) is 4.23. The van der Waals surface area contributed by atoms with E-state index >= 15 is 0 Å². The lowest BCUT2D eigenvalue weighted by Gasteiger charge is -2.23. The lowest BCUT2D eigenvalue weighted by Crippen LogP contribution is -2.33. The van der Waals surface area contributed by atoms with Crippen LogP contribution in [0.1, 0.15) is 31.3 Å². The largest absolute Gasteiger partial charge is 0.383 e. The van der Waals surface area contributed by atoms with Crippen LogP contribution in [0.3, 0.4) is 0 Å². The summed E-state index contributed by atoms with van der Waals surface area (Å²) >= 11 is 0. The zero-order valence-electron chi connectivity index (χ0n) is 11.8. The second kappa shape index (κ2) is 7.28. The van der Waals surface area contributed by atoms with Gasteiger partial charge in [-0.05, 0) is 6.92 Å². The molecule has 1 aromatic heterocycles. The smallest absolute Gasteiger partial charge is 0.133 e. The standard InChI is InChI=1S/C13H24N4O/c1-10(2)13-15-11(3)9-12(16-13)17(6-5-14)7-8-18-4/h9-10H,5-8,14H2,1-4H3. The van der Waals surface area contributed by atoms with Crippen molar-refractivity contribution in [1.29, 1.82) is 0 Å². The van der Waals surface area contributed by atoms with Crippen molar-refractivity contribution in [3.05, 3.63) is 17.6 Å². The van der Waals surface area contributed by atoms with Crippen molar-refractivity contribution < 1.29 is 4.74 Å². The van der Waals surface area contributed by atoms with Gasteiger partial charge in [-0.3, -0.25) is 0 Å². The van der Waals surface area contributed by atoms with Crippen LogP contribution in [0.15, 0.2) is 6.07 Å². The van der Waals surface area contributed by atoms with E-state index in [1.54, 1.807) is 7.11 Å². The van der Waals surface area contributed by atoms with Gasteiger partial charge in [-0.25, -0.2) is 9.97 Å². The second-order valence-electron chi connectivity index (χ2n) is 4.65. The van der Waals surface area contributed by atoms with Crippen molar-refractivity contribution in [3.8, 4) is 0 Å². The van der Waals surface area contributed by atoms with E-state index in [4.69, 9.17) is 10.5 Å². The Balaban J connectivity index is 2.95. The van der Waals surface area contributed by atoms with Crippen molar-refractivity contribution in [3.63, 3.8) is 0 Å². The number of nitrogens with zero attached hydrogens (tertiary/aromatic N) is 3. The van der Waals surface area contributed by atoms with Crippen LogP contribution in [0.5, 0.6) is 0 Å². The van der Waals surface area contributed by atoms with Crippen LogP contribution in [0, 0.1) is 6.92 Å². The maximum Gasteiger partial charge on any atom is 0.133 e. The van der Waals surface area contributed by atoms with E-state index in [0.29, 0.717) is 19.1 Å². The molecule has 0 saturated carbocycles. The Bertz CT molecular complexity index is 368. The van der Waals surface area contributed by atoms with Crippen LogP contribution in [0.25, 0.3) is 0 Å². The average Bonchev–Trinajstić information content (AvgIpc) is 2.33. The zero-order chi connectivity index (χ0) is 13.5. The molecular weight excluding hydrogens is 228 g/mol. The lowest BCUT2D eigenvalue weighted by atomic mass is 10.2. The fraction of sp³-hybridized carbons (Fsp3) is 0.692. The first-order valence-corrected chi connectivity index (χ1v) is 6.38. The minimum atomic E-state index is 0.325. The number of nitrogens with two attached hydrogens (primary N) is 1. The SMILES string of the molecule is COCCN(CCN)c1cc(C)nc(C(C)C)n1. The minimum absolute atomic E-state index is 0.325. The molecule has 18 heavy (non-hydrogen) atoms. The van der Waals surface area contributed by atoms with Gasteiger partial charge < -0.3 is 15.4 Å². The summed E-state index contributed by atoms with van der Waals surface area (Å²) in [5.74, 6) is 2.14. The van der Waals surface area contributed by atoms with Gasteiger partial charge in [-0.2, -0.15) is 0 Å². The van der Waals surface area contributed by atoms with E-state index in [9.17, 15) is 0 Å². The van der Waals surface area contributed by atoms with E-state index in [-0.39, 0.29) is 0 Å². The molecule has 0 aromatic carbocycles. The number of hydrogen-bond acceptors (Lipinski definition) is 5. The van der Waals surface area contributed by atoms with Gasteiger partial charge in [0.2, 0.25) is 0 Å². The number of rotatable bonds is 7. The Labute approximate surface area is 109 Å². The summed E-state index contributed by atoms with van der Waals surface area (Å²) in [4.78, 5) is 11.2. The summed E-state index contributed by atoms with van der Waals surface area (Å²) in [7, 11) is 1.70. The molecule has 0 atom stereocenters. The molecular formula is C13H24N4O. The monoisotopic (exact) mass is 252 g/mol. The second-order valence-corrected chi connectivity index (χ2v) is 4.65. The highest BCUT2D eigenvalue weighted by atomic mass is 16.5. The van der Waals surface area contributed by atoms with Crippen molar-refractivity contribution in [2.45, 2.75) is 26.7 Å². The summed E-state index contributed by atoms with van der Waals surface area (Å²) in [5, 5.41) is 0. The third-order valence-electron chi connectivity index (χ3n) is 2.66. The normalized spacial score (nSPS) is 11.0. The average molecular weight is 252 g/mol. The first-order chi connectivity index (χ1) is 8.58. The Morgan fingerprint density at radius 2 is 2.06 bits per heavy atom. The molecule has 5 nitrogen and oxygen atoms in total. The van der Waals surface area contributed by atoms with Gasteiger partial charge >= 0.3 is 0 Å². The molecule has 102 valence electrons. The minimum Gasteiger partial charge on any atom is -0.383 e. The molecule has 0 saturated heterocycles. The summed E-state index contributed by atoms with van der Waals surface area (Å²) < 4.78 is 5.12. The van der Waals surface area contributed by atoms with Crippen LogP contribution >= 0.6 is 0 Å². The maximum atomic E-state index is 5.65. The van der Waals surface area contributed by atoms with Crippen LogP contribution < -0.4 is 10.6 Å². The summed E-state index contributed by atoms with van der Waals surface area (Å²) in [6.45, 7) is 9.03. The zero-order valence-corrected chi connectivity index (χ0v) is 11.8. The van der Waals surface area contributed by atoms with Crippen molar-refractivity contribution in [2.75, 3.05) is 38.3 Å². The fourth-order valence-electron chi connectivity index (χ4n) is 1.69. The summed E-state index contributed by atoms with van der Waals surface area (Å²) in [6.07, 6.45) is 0. The molecule has 5 heteroatoms. The molecule has 0 aliphatic heterocycles. The van der Waals surface area contributed by atoms with Crippen molar-refractivity contribution >= 4 is 5.82 Å². The summed E-state index contributed by atoms with van der Waals surface area (Å²) in [5.41, 5.74) is 6.64. The highest BCUT2D eigenvalue weighted by Gasteiger charge is 2.11. The van der Waals surface area contributed by atoms with E-state index < -0.39 is 0 Å². The number of anilines is 1. The first kappa shape index (κ1) is 14.9. The van der Waals surface area contributed by atoms with Crippen LogP contribution in [0.4, 0.5) is 5.82 Å². The Morgan fingerprint density at radius 1 is 1.33 bits per heavy atom. The first-order valence-electron chi connectivity index (χ1n) is 6.38. The van der Waals surface area contributed by atoms with Gasteiger partial charge in [0.05, 0.1) is 6.61 Å². The Kier molecular flexibility index (Phi) is 6.01. The van der Waals surface area contributed by atoms with Gasteiger partial charge in [0.15, 0.2) is 0 Å².